The molecule has 0 saturated heterocycles. The molecule has 0 aliphatic carbocycles. The van der Waals surface area contributed by atoms with Gasteiger partial charge in [0.1, 0.15) is 57.8 Å². The fraction of sp³-hybridized carbons (Fsp3) is 0.180. The molecule has 0 aromatic heterocycles. The molecule has 0 radical (unpaired) electrons. The Labute approximate surface area is 396 Å². The highest BCUT2D eigenvalue weighted by Gasteiger charge is 2.40. The van der Waals surface area contributed by atoms with Crippen molar-refractivity contribution in [2.24, 2.45) is 0 Å². The number of ether oxygens (including phenoxy) is 4. The highest BCUT2D eigenvalue weighted by molar-refractivity contribution is 6.01. The number of hydrogen-bond acceptors (Lipinski definition) is 21. The number of carbonyl (C=O) groups excluding carboxylic acids is 1. The van der Waals surface area contributed by atoms with Gasteiger partial charge in [-0.3, -0.25) is 9.59 Å². The summed E-state index contributed by atoms with van der Waals surface area (Å²) >= 11 is 0. The van der Waals surface area contributed by atoms with Crippen LogP contribution in [0.1, 0.15) is 62.1 Å². The van der Waals surface area contributed by atoms with Crippen molar-refractivity contribution in [3.8, 4) is 86.2 Å². The zero-order valence-electron chi connectivity index (χ0n) is 36.1. The van der Waals surface area contributed by atoms with Crippen LogP contribution in [0.4, 0.5) is 0 Å². The summed E-state index contributed by atoms with van der Waals surface area (Å²) in [7, 11) is 0. The van der Waals surface area contributed by atoms with E-state index in [-0.39, 0.29) is 74.2 Å². The molecule has 71 heavy (non-hydrogen) atoms. The molecule has 0 spiro atoms. The number of hydrogen-bond donors (Lipinski definition) is 14. The number of aliphatic hydroxyl groups is 2. The summed E-state index contributed by atoms with van der Waals surface area (Å²) in [4.78, 5) is 42.0. The van der Waals surface area contributed by atoms with Crippen molar-refractivity contribution in [1.82, 2.24) is 0 Å². The predicted molar refractivity (Wildman–Crippen MR) is 242 cm³/mol. The van der Waals surface area contributed by atoms with E-state index in [1.54, 1.807) is 0 Å². The standard InChI is InChI=1S/C50H38O21/c51-18-5-28(54)25-13-35(61)48(69-37(25)8-18)23-11-33(59)45(65)41-21(23)1-16(3-31(57)43(41)63)47-40(15-27-30(56)7-20(53)10-39(27)68-47)71-50(67)17-2-22-24(12-34(60)46(66)42(22)44(64)32(58)4-17)49-36(62)14-26-29(55)6-19(52)9-38(26)70-49/h1-12,35-36,40,47-49,51-56,59-62,65-66H,13-15H2,(H,57,63)(H,58,64)/t35-,36+,40+,47+,48-,49+/m1/s1. The smallest absolute Gasteiger partial charge is 0.338 e. The quantitative estimate of drug-likeness (QED) is 0.0850. The van der Waals surface area contributed by atoms with Gasteiger partial charge in [0.25, 0.3) is 0 Å². The maximum Gasteiger partial charge on any atom is 0.338 e. The highest BCUT2D eigenvalue weighted by Crippen LogP contribution is 2.51. The molecule has 0 unspecified atom stereocenters. The minimum absolute atomic E-state index is 0.0333. The summed E-state index contributed by atoms with van der Waals surface area (Å²) in [6, 6.07) is 11.9. The first-order valence-electron chi connectivity index (χ1n) is 21.4. The van der Waals surface area contributed by atoms with Crippen LogP contribution < -0.4 is 25.1 Å². The van der Waals surface area contributed by atoms with Crippen LogP contribution in [0.3, 0.4) is 0 Å². The first-order chi connectivity index (χ1) is 33.7. The zero-order valence-corrected chi connectivity index (χ0v) is 36.1. The summed E-state index contributed by atoms with van der Waals surface area (Å²) in [5.41, 5.74) is -3.57. The monoisotopic (exact) mass is 974 g/mol. The molecule has 3 aliphatic rings. The summed E-state index contributed by atoms with van der Waals surface area (Å²) < 4.78 is 24.3. The Morgan fingerprint density at radius 1 is 0.451 bits per heavy atom. The number of aromatic hydroxyl groups is 12. The molecule has 0 fully saturated rings. The number of aliphatic hydroxyl groups excluding tert-OH is 2. The van der Waals surface area contributed by atoms with Gasteiger partial charge in [0, 0.05) is 95.1 Å². The Hall–Kier alpha value is -9.21. The number of esters is 1. The second-order valence-electron chi connectivity index (χ2n) is 17.3. The lowest BCUT2D eigenvalue weighted by molar-refractivity contribution is -0.0187. The minimum atomic E-state index is -1.67. The zero-order chi connectivity index (χ0) is 50.6. The molecule has 10 rings (SSSR count). The molecule has 0 saturated carbocycles. The topological polar surface area (TPSA) is 371 Å². The van der Waals surface area contributed by atoms with Crippen LogP contribution in [0, 0.1) is 0 Å². The van der Waals surface area contributed by atoms with Gasteiger partial charge in [0.2, 0.25) is 10.9 Å². The molecule has 21 heteroatoms. The van der Waals surface area contributed by atoms with Gasteiger partial charge in [-0.25, -0.2) is 4.79 Å². The van der Waals surface area contributed by atoms with Crippen molar-refractivity contribution in [3.05, 3.63) is 132 Å². The summed E-state index contributed by atoms with van der Waals surface area (Å²) in [6.07, 6.45) is -10.4. The first kappa shape index (κ1) is 45.6. The summed E-state index contributed by atoms with van der Waals surface area (Å²) in [5, 5.41) is 150. The molecular weight excluding hydrogens is 937 g/mol. The van der Waals surface area contributed by atoms with E-state index in [1.807, 2.05) is 0 Å². The van der Waals surface area contributed by atoms with Crippen LogP contribution in [0.25, 0.3) is 21.5 Å². The number of benzene rings is 5. The number of phenolic OH excluding ortho intramolecular Hbond substituents is 10. The van der Waals surface area contributed by atoms with E-state index >= 15 is 0 Å². The fourth-order valence-electron chi connectivity index (χ4n) is 9.51. The van der Waals surface area contributed by atoms with Gasteiger partial charge in [-0.1, -0.05) is 0 Å². The number of rotatable bonds is 5. The van der Waals surface area contributed by atoms with E-state index < -0.39 is 145 Å². The number of fused-ring (bicyclic) bond motifs is 5. The second kappa shape index (κ2) is 16.5. The van der Waals surface area contributed by atoms with Gasteiger partial charge in [0.05, 0.1) is 28.5 Å². The molecule has 0 amide bonds. The van der Waals surface area contributed by atoms with Gasteiger partial charge in [-0.2, -0.15) is 0 Å². The Morgan fingerprint density at radius 3 is 1.32 bits per heavy atom. The summed E-state index contributed by atoms with van der Waals surface area (Å²) in [5.74, 6) is -10.4. The average molecular weight is 975 g/mol. The number of carbonyl (C=O) groups is 1. The van der Waals surface area contributed by atoms with Crippen molar-refractivity contribution in [1.29, 1.82) is 0 Å². The van der Waals surface area contributed by atoms with E-state index in [0.29, 0.717) is 6.07 Å². The van der Waals surface area contributed by atoms with Crippen molar-refractivity contribution >= 4 is 27.5 Å². The Kier molecular flexibility index (Phi) is 10.6. The minimum Gasteiger partial charge on any atom is -0.508 e. The van der Waals surface area contributed by atoms with E-state index in [2.05, 4.69) is 0 Å². The lowest BCUT2D eigenvalue weighted by Gasteiger charge is -2.34. The number of phenols is 10. The van der Waals surface area contributed by atoms with Gasteiger partial charge in [-0.05, 0) is 41.1 Å². The largest absolute Gasteiger partial charge is 0.508 e. The maximum atomic E-state index is 14.6. The molecule has 364 valence electrons. The van der Waals surface area contributed by atoms with Crippen LogP contribution >= 0.6 is 0 Å². The Morgan fingerprint density at radius 2 is 0.859 bits per heavy atom. The molecule has 21 nitrogen and oxygen atoms in total. The molecule has 7 aromatic rings. The molecule has 3 aliphatic heterocycles. The molecule has 0 bridgehead atoms. The van der Waals surface area contributed by atoms with Crippen LogP contribution in [0.15, 0.2) is 82.4 Å². The fourth-order valence-corrected chi connectivity index (χ4v) is 9.51. The van der Waals surface area contributed by atoms with Crippen molar-refractivity contribution in [3.63, 3.8) is 0 Å². The lowest BCUT2D eigenvalue weighted by atomic mass is 9.90. The Bertz CT molecular complexity index is 3590. The molecule has 6 atom stereocenters. The average Bonchev–Trinajstić information content (AvgIpc) is 3.52. The Balaban J connectivity index is 1.12. The van der Waals surface area contributed by atoms with Gasteiger partial charge in [0.15, 0.2) is 52.8 Å². The normalized spacial score (nSPS) is 20.1. The van der Waals surface area contributed by atoms with Crippen molar-refractivity contribution in [2.75, 3.05) is 0 Å². The SMILES string of the molecule is O=C(O[C@H]1Cc2c(O)cc(O)cc2O[C@H]1c1cc(=O)c(O)c2c(O)c(O)cc([C@H]3Oc4cc(O)cc(O)c4C[C@H]3O)c2c1)c1cc(=O)c(O)c2c(O)c(O)cc([C@@H]3Oc4cc(O)cc(O)c4C[C@@H]3O)c2c1. The van der Waals surface area contributed by atoms with Crippen LogP contribution in [-0.4, -0.2) is 95.8 Å². The highest BCUT2D eigenvalue weighted by atomic mass is 16.6. The van der Waals surface area contributed by atoms with E-state index in [9.17, 15) is 85.9 Å². The van der Waals surface area contributed by atoms with E-state index in [1.165, 1.54) is 6.07 Å². The molecule has 14 N–H and O–H groups in total. The van der Waals surface area contributed by atoms with Gasteiger partial charge >= 0.3 is 5.97 Å². The van der Waals surface area contributed by atoms with Gasteiger partial charge in [-0.15, -0.1) is 0 Å². The summed E-state index contributed by atoms with van der Waals surface area (Å²) in [6.45, 7) is 0. The van der Waals surface area contributed by atoms with Crippen molar-refractivity contribution in [2.45, 2.75) is 55.9 Å². The lowest BCUT2D eigenvalue weighted by Crippen LogP contribution is -2.35. The predicted octanol–water partition coefficient (Wildman–Crippen LogP) is 4.16. The van der Waals surface area contributed by atoms with E-state index in [4.69, 9.17) is 18.9 Å². The molecule has 3 heterocycles. The third-order valence-electron chi connectivity index (χ3n) is 12.8. The second-order valence-corrected chi connectivity index (χ2v) is 17.3. The molecular formula is C50H38O21. The van der Waals surface area contributed by atoms with Gasteiger partial charge < -0.3 is 90.4 Å². The third kappa shape index (κ3) is 7.55. The van der Waals surface area contributed by atoms with Crippen LogP contribution in [-0.2, 0) is 24.0 Å². The molecule has 7 aromatic carbocycles. The third-order valence-corrected chi connectivity index (χ3v) is 12.8. The first-order valence-corrected chi connectivity index (χ1v) is 21.4. The maximum absolute atomic E-state index is 14.6. The van der Waals surface area contributed by atoms with Crippen molar-refractivity contribution < 1.29 is 95.2 Å². The van der Waals surface area contributed by atoms with Crippen LogP contribution in [0.2, 0.25) is 0 Å². The van der Waals surface area contributed by atoms with Crippen LogP contribution in [0.5, 0.6) is 86.2 Å². The van der Waals surface area contributed by atoms with E-state index in [0.717, 1.165) is 60.7 Å².